The normalized spacial score (nSPS) is 17.2. The van der Waals surface area contributed by atoms with Gasteiger partial charge in [0.05, 0.1) is 17.6 Å². The van der Waals surface area contributed by atoms with Crippen LogP contribution in [-0.4, -0.2) is 67.5 Å². The van der Waals surface area contributed by atoms with E-state index in [-0.39, 0.29) is 43.1 Å². The number of aromatic nitrogens is 5. The SMILES string of the molecule is O=C(NCc1cc(OC(F)(F)F)ccc1F)c1cn(CCCCc2cc3c(nn2)CC(C2CN(C(=O)C4(C(F)(F)F)CC4)C2)=C3)nn1. The number of amides is 2. The number of likely N-dealkylation sites (tertiary alicyclic amines) is 1. The van der Waals surface area contributed by atoms with Crippen molar-refractivity contribution in [1.82, 2.24) is 35.4 Å². The van der Waals surface area contributed by atoms with Gasteiger partial charge in [0, 0.05) is 44.1 Å². The van der Waals surface area contributed by atoms with Gasteiger partial charge in [0.15, 0.2) is 5.69 Å². The quantitative estimate of drug-likeness (QED) is 0.231. The van der Waals surface area contributed by atoms with Crippen LogP contribution in [0.2, 0.25) is 0 Å². The molecule has 2 aliphatic carbocycles. The molecule has 2 fully saturated rings. The van der Waals surface area contributed by atoms with Crippen molar-refractivity contribution in [3.63, 3.8) is 0 Å². The molecule has 3 aliphatic rings. The van der Waals surface area contributed by atoms with Crippen molar-refractivity contribution >= 4 is 17.9 Å². The van der Waals surface area contributed by atoms with Gasteiger partial charge in [-0.25, -0.2) is 4.39 Å². The number of alkyl halides is 6. The van der Waals surface area contributed by atoms with Crippen LogP contribution in [0.5, 0.6) is 5.75 Å². The zero-order chi connectivity index (χ0) is 33.6. The van der Waals surface area contributed by atoms with Gasteiger partial charge in [0.2, 0.25) is 5.91 Å². The summed E-state index contributed by atoms with van der Waals surface area (Å²) in [5.41, 5.74) is 1.07. The highest BCUT2D eigenvalue weighted by Gasteiger charge is 2.70. The minimum atomic E-state index is -4.94. The Morgan fingerprint density at radius 3 is 2.49 bits per heavy atom. The number of hydrogen-bond acceptors (Lipinski definition) is 7. The van der Waals surface area contributed by atoms with E-state index in [1.54, 1.807) is 0 Å². The van der Waals surface area contributed by atoms with Crippen molar-refractivity contribution in [1.29, 1.82) is 0 Å². The Labute approximate surface area is 263 Å². The number of benzene rings is 1. The summed E-state index contributed by atoms with van der Waals surface area (Å²) in [6, 6.07) is 4.42. The second kappa shape index (κ2) is 12.2. The zero-order valence-corrected chi connectivity index (χ0v) is 24.7. The smallest absolute Gasteiger partial charge is 0.406 e. The van der Waals surface area contributed by atoms with Crippen LogP contribution in [0.15, 0.2) is 36.0 Å². The van der Waals surface area contributed by atoms with Crippen LogP contribution in [-0.2, 0) is 30.7 Å². The summed E-state index contributed by atoms with van der Waals surface area (Å²) in [5, 5.41) is 18.7. The number of nitrogens with zero attached hydrogens (tertiary/aromatic N) is 6. The average Bonchev–Trinajstić information content (AvgIpc) is 3.51. The molecule has 1 saturated heterocycles. The molecule has 6 rings (SSSR count). The van der Waals surface area contributed by atoms with E-state index in [9.17, 15) is 40.3 Å². The van der Waals surface area contributed by atoms with Crippen LogP contribution in [0.25, 0.3) is 6.08 Å². The fraction of sp³-hybridized carbons (Fsp3) is 0.467. The molecule has 2 aromatic heterocycles. The van der Waals surface area contributed by atoms with Gasteiger partial charge in [-0.3, -0.25) is 14.3 Å². The van der Waals surface area contributed by atoms with Crippen molar-refractivity contribution in [2.75, 3.05) is 13.1 Å². The molecular weight excluding hydrogens is 639 g/mol. The Morgan fingerprint density at radius 2 is 1.79 bits per heavy atom. The van der Waals surface area contributed by atoms with E-state index >= 15 is 0 Å². The van der Waals surface area contributed by atoms with Crippen molar-refractivity contribution in [2.45, 2.75) is 64.2 Å². The molecule has 1 saturated carbocycles. The van der Waals surface area contributed by atoms with Gasteiger partial charge in [0.1, 0.15) is 17.0 Å². The van der Waals surface area contributed by atoms with Crippen LogP contribution in [0.3, 0.4) is 0 Å². The molecule has 3 aromatic rings. The highest BCUT2D eigenvalue weighted by molar-refractivity contribution is 5.91. The molecule has 0 atom stereocenters. The second-order valence-electron chi connectivity index (χ2n) is 11.9. The van der Waals surface area contributed by atoms with Gasteiger partial charge in [-0.1, -0.05) is 16.9 Å². The summed E-state index contributed by atoms with van der Waals surface area (Å²) >= 11 is 0. The van der Waals surface area contributed by atoms with Crippen LogP contribution < -0.4 is 10.1 Å². The standard InChI is InChI=1S/C30H28F7N7O3/c31-23-5-4-22(47-30(35,36)37)11-19(23)13-38-26(45)25-16-44(42-41-25)8-2-1-3-21-10-18-9-17(12-24(18)40-39-21)20-14-43(15-20)27(46)28(6-7-28)29(32,33)34/h4-5,9-11,16,20H,1-3,6-8,12-15H2,(H,38,45). The van der Waals surface area contributed by atoms with E-state index in [4.69, 9.17) is 0 Å². The Bertz CT molecular complexity index is 1710. The van der Waals surface area contributed by atoms with Crippen LogP contribution >= 0.6 is 0 Å². The molecule has 250 valence electrons. The summed E-state index contributed by atoms with van der Waals surface area (Å²) in [6.45, 7) is 0.582. The van der Waals surface area contributed by atoms with Crippen molar-refractivity contribution in [3.05, 3.63) is 70.1 Å². The molecule has 0 unspecified atom stereocenters. The van der Waals surface area contributed by atoms with Gasteiger partial charge >= 0.3 is 12.5 Å². The van der Waals surface area contributed by atoms with Gasteiger partial charge in [0.25, 0.3) is 5.91 Å². The molecule has 1 N–H and O–H groups in total. The molecule has 47 heavy (non-hydrogen) atoms. The third-order valence-electron chi connectivity index (χ3n) is 8.59. The van der Waals surface area contributed by atoms with E-state index < -0.39 is 47.9 Å². The summed E-state index contributed by atoms with van der Waals surface area (Å²) in [5.74, 6) is -2.93. The molecule has 10 nitrogen and oxygen atoms in total. The molecule has 1 aromatic carbocycles. The summed E-state index contributed by atoms with van der Waals surface area (Å²) in [6.07, 6.45) is -3.82. The number of halogens is 7. The number of ether oxygens (including phenoxy) is 1. The monoisotopic (exact) mass is 667 g/mol. The Kier molecular flexibility index (Phi) is 8.42. The highest BCUT2D eigenvalue weighted by Crippen LogP contribution is 2.59. The first kappa shape index (κ1) is 32.4. The van der Waals surface area contributed by atoms with Gasteiger partial charge in [-0.2, -0.15) is 23.4 Å². The maximum atomic E-state index is 14.0. The topological polar surface area (TPSA) is 115 Å². The largest absolute Gasteiger partial charge is 0.573 e. The number of nitrogens with one attached hydrogen (secondary N) is 1. The van der Waals surface area contributed by atoms with Crippen LogP contribution in [0.4, 0.5) is 30.7 Å². The molecule has 0 bridgehead atoms. The Morgan fingerprint density at radius 1 is 1.02 bits per heavy atom. The molecule has 17 heteroatoms. The molecule has 1 aliphatic heterocycles. The van der Waals surface area contributed by atoms with Crippen LogP contribution in [0.1, 0.15) is 58.7 Å². The van der Waals surface area contributed by atoms with E-state index in [2.05, 4.69) is 30.6 Å². The first-order valence-corrected chi connectivity index (χ1v) is 14.9. The lowest BCUT2D eigenvalue weighted by molar-refractivity contribution is -0.274. The molecule has 0 radical (unpaired) electrons. The predicted octanol–water partition coefficient (Wildman–Crippen LogP) is 4.80. The van der Waals surface area contributed by atoms with Crippen LogP contribution in [0, 0.1) is 17.2 Å². The number of hydrogen-bond donors (Lipinski definition) is 1. The van der Waals surface area contributed by atoms with Crippen molar-refractivity contribution in [3.8, 4) is 5.75 Å². The summed E-state index contributed by atoms with van der Waals surface area (Å²) in [4.78, 5) is 26.2. The second-order valence-corrected chi connectivity index (χ2v) is 11.9. The van der Waals surface area contributed by atoms with Crippen molar-refractivity contribution in [2.24, 2.45) is 11.3 Å². The minimum Gasteiger partial charge on any atom is -0.406 e. The predicted molar refractivity (Wildman–Crippen MR) is 149 cm³/mol. The number of carbonyl (C=O) groups is 2. The number of aryl methyl sites for hydroxylation is 2. The third-order valence-corrected chi connectivity index (χ3v) is 8.59. The highest BCUT2D eigenvalue weighted by atomic mass is 19.4. The number of unbranched alkanes of at least 4 members (excludes halogenated alkanes) is 1. The molecule has 3 heterocycles. The maximum absolute atomic E-state index is 14.0. The molecule has 2 amide bonds. The lowest BCUT2D eigenvalue weighted by atomic mass is 9.88. The van der Waals surface area contributed by atoms with E-state index in [0.29, 0.717) is 32.2 Å². The van der Waals surface area contributed by atoms with E-state index in [0.717, 1.165) is 40.7 Å². The minimum absolute atomic E-state index is 0.000477. The summed E-state index contributed by atoms with van der Waals surface area (Å²) < 4.78 is 96.5. The fourth-order valence-electron chi connectivity index (χ4n) is 5.73. The average molecular weight is 668 g/mol. The van der Waals surface area contributed by atoms with E-state index in [1.165, 1.54) is 15.8 Å². The lowest BCUT2D eigenvalue weighted by Gasteiger charge is -2.42. The molecular formula is C30H28F7N7O3. The summed E-state index contributed by atoms with van der Waals surface area (Å²) in [7, 11) is 0. The Hall–Kier alpha value is -4.57. The lowest BCUT2D eigenvalue weighted by Crippen LogP contribution is -2.55. The van der Waals surface area contributed by atoms with Gasteiger partial charge in [-0.15, -0.1) is 18.3 Å². The number of carbonyl (C=O) groups excluding carboxylic acids is 2. The van der Waals surface area contributed by atoms with Gasteiger partial charge < -0.3 is 15.0 Å². The van der Waals surface area contributed by atoms with E-state index in [1.807, 2.05) is 12.1 Å². The fourth-order valence-corrected chi connectivity index (χ4v) is 5.73. The van der Waals surface area contributed by atoms with Gasteiger partial charge in [-0.05, 0) is 61.9 Å². The Balaban J connectivity index is 0.936. The van der Waals surface area contributed by atoms with Crippen molar-refractivity contribution < 1.29 is 45.1 Å². The maximum Gasteiger partial charge on any atom is 0.573 e. The third kappa shape index (κ3) is 7.07. The number of fused-ring (bicyclic) bond motifs is 1. The molecule has 0 spiro atoms. The zero-order valence-electron chi connectivity index (χ0n) is 24.7. The first-order valence-electron chi connectivity index (χ1n) is 14.9. The number of rotatable bonds is 11. The first-order chi connectivity index (χ1) is 22.2.